The fourth-order valence-electron chi connectivity index (χ4n) is 1.77. The highest BCUT2D eigenvalue weighted by atomic mass is 79.9. The van der Waals surface area contributed by atoms with Crippen LogP contribution in [0.4, 0.5) is 8.78 Å². The van der Waals surface area contributed by atoms with Crippen LogP contribution in [0.3, 0.4) is 0 Å². The molecule has 1 aromatic heterocycles. The average molecular weight is 392 g/mol. The Morgan fingerprint density at radius 2 is 1.74 bits per heavy atom. The van der Waals surface area contributed by atoms with E-state index in [1.54, 1.807) is 6.07 Å². The first-order valence-corrected chi connectivity index (χ1v) is 7.07. The number of halogens is 4. The van der Waals surface area contributed by atoms with Gasteiger partial charge in [0.2, 0.25) is 0 Å². The molecule has 2 N–H and O–H groups in total. The maximum Gasteiger partial charge on any atom is 0.126 e. The Bertz CT molecular complexity index is 585. The van der Waals surface area contributed by atoms with Gasteiger partial charge in [-0.2, -0.15) is 0 Å². The predicted molar refractivity (Wildman–Crippen MR) is 76.6 cm³/mol. The van der Waals surface area contributed by atoms with Gasteiger partial charge >= 0.3 is 0 Å². The largest absolute Gasteiger partial charge is 0.322 e. The van der Waals surface area contributed by atoms with E-state index in [4.69, 9.17) is 5.73 Å². The number of benzene rings is 1. The highest BCUT2D eigenvalue weighted by Gasteiger charge is 2.14. The Balaban J connectivity index is 2.25. The van der Waals surface area contributed by atoms with Crippen LogP contribution in [-0.4, -0.2) is 4.98 Å². The molecule has 0 saturated heterocycles. The normalized spacial score (nSPS) is 12.5. The molecule has 0 spiro atoms. The Morgan fingerprint density at radius 1 is 1.11 bits per heavy atom. The van der Waals surface area contributed by atoms with Crippen molar-refractivity contribution < 1.29 is 8.78 Å². The summed E-state index contributed by atoms with van der Waals surface area (Å²) in [6.07, 6.45) is 0.302. The number of pyridine rings is 1. The summed E-state index contributed by atoms with van der Waals surface area (Å²) in [5, 5.41) is 0. The van der Waals surface area contributed by atoms with Gasteiger partial charge in [0.05, 0.1) is 11.7 Å². The molecule has 0 fully saturated rings. The van der Waals surface area contributed by atoms with Crippen LogP contribution in [-0.2, 0) is 6.42 Å². The van der Waals surface area contributed by atoms with Crippen molar-refractivity contribution in [1.29, 1.82) is 0 Å². The molecule has 0 bridgehead atoms. The Morgan fingerprint density at radius 3 is 2.37 bits per heavy atom. The molecule has 2 rings (SSSR count). The maximum atomic E-state index is 13.1. The van der Waals surface area contributed by atoms with Crippen LogP contribution in [0.2, 0.25) is 0 Å². The van der Waals surface area contributed by atoms with Gasteiger partial charge in [-0.25, -0.2) is 13.8 Å². The van der Waals surface area contributed by atoms with E-state index in [2.05, 4.69) is 36.8 Å². The summed E-state index contributed by atoms with van der Waals surface area (Å²) < 4.78 is 27.6. The summed E-state index contributed by atoms with van der Waals surface area (Å²) in [4.78, 5) is 4.27. The molecule has 1 aromatic carbocycles. The number of nitrogens with zero attached hydrogens (tertiary/aromatic N) is 1. The van der Waals surface area contributed by atoms with Crippen molar-refractivity contribution in [3.05, 3.63) is 62.3 Å². The summed E-state index contributed by atoms with van der Waals surface area (Å²) in [6, 6.07) is 6.53. The molecule has 0 saturated carbocycles. The molecule has 0 unspecified atom stereocenters. The number of hydrogen-bond acceptors (Lipinski definition) is 2. The summed E-state index contributed by atoms with van der Waals surface area (Å²) in [6.45, 7) is 0. The quantitative estimate of drug-likeness (QED) is 0.799. The van der Waals surface area contributed by atoms with Crippen molar-refractivity contribution in [1.82, 2.24) is 4.98 Å². The topological polar surface area (TPSA) is 38.9 Å². The molecule has 0 aliphatic carbocycles. The zero-order chi connectivity index (χ0) is 14.0. The molecule has 1 heterocycles. The first-order valence-electron chi connectivity index (χ1n) is 5.48. The van der Waals surface area contributed by atoms with Gasteiger partial charge in [0, 0.05) is 10.5 Å². The number of nitrogens with two attached hydrogens (primary N) is 1. The molecule has 1 atom stereocenters. The van der Waals surface area contributed by atoms with Crippen molar-refractivity contribution in [2.45, 2.75) is 12.5 Å². The minimum absolute atomic E-state index is 0.302. The molecule has 0 aliphatic heterocycles. The number of hydrogen-bond donors (Lipinski definition) is 1. The van der Waals surface area contributed by atoms with Crippen LogP contribution in [0.25, 0.3) is 0 Å². The molecule has 2 aromatic rings. The van der Waals surface area contributed by atoms with Crippen molar-refractivity contribution in [3.8, 4) is 0 Å². The predicted octanol–water partition coefficient (Wildman–Crippen LogP) is 4.13. The maximum absolute atomic E-state index is 13.1. The zero-order valence-electron chi connectivity index (χ0n) is 9.71. The van der Waals surface area contributed by atoms with Gasteiger partial charge in [-0.15, -0.1) is 0 Å². The fourth-order valence-corrected chi connectivity index (χ4v) is 2.61. The van der Waals surface area contributed by atoms with Crippen LogP contribution in [0, 0.1) is 11.6 Å². The first kappa shape index (κ1) is 14.6. The monoisotopic (exact) mass is 390 g/mol. The smallest absolute Gasteiger partial charge is 0.126 e. The molecule has 100 valence electrons. The van der Waals surface area contributed by atoms with Gasteiger partial charge in [0.1, 0.15) is 16.2 Å². The number of aromatic nitrogens is 1. The lowest BCUT2D eigenvalue weighted by Gasteiger charge is -2.13. The van der Waals surface area contributed by atoms with Gasteiger partial charge in [0.25, 0.3) is 0 Å². The highest BCUT2D eigenvalue weighted by molar-refractivity contribution is 9.11. The van der Waals surface area contributed by atoms with Crippen molar-refractivity contribution in [2.24, 2.45) is 5.73 Å². The third-order valence-electron chi connectivity index (χ3n) is 2.57. The van der Waals surface area contributed by atoms with Gasteiger partial charge in [-0.3, -0.25) is 0 Å². The second kappa shape index (κ2) is 6.07. The first-order chi connectivity index (χ1) is 8.95. The molecule has 6 heteroatoms. The van der Waals surface area contributed by atoms with E-state index in [0.29, 0.717) is 22.3 Å². The molecule has 0 amide bonds. The van der Waals surface area contributed by atoms with Crippen LogP contribution in [0.1, 0.15) is 17.3 Å². The highest BCUT2D eigenvalue weighted by Crippen LogP contribution is 2.25. The van der Waals surface area contributed by atoms with Gasteiger partial charge in [0.15, 0.2) is 0 Å². The van der Waals surface area contributed by atoms with Crippen molar-refractivity contribution in [3.63, 3.8) is 0 Å². The lowest BCUT2D eigenvalue weighted by atomic mass is 10.0. The lowest BCUT2D eigenvalue weighted by Crippen LogP contribution is -2.16. The van der Waals surface area contributed by atoms with Crippen LogP contribution in [0.15, 0.2) is 39.4 Å². The average Bonchev–Trinajstić information content (AvgIpc) is 2.30. The molecule has 0 aliphatic rings. The molecule has 0 radical (unpaired) electrons. The van der Waals surface area contributed by atoms with E-state index < -0.39 is 17.7 Å². The minimum atomic E-state index is -0.608. The van der Waals surface area contributed by atoms with Gasteiger partial charge < -0.3 is 5.73 Å². The van der Waals surface area contributed by atoms with Crippen LogP contribution < -0.4 is 5.73 Å². The molecule has 19 heavy (non-hydrogen) atoms. The van der Waals surface area contributed by atoms with Crippen molar-refractivity contribution in [2.75, 3.05) is 0 Å². The number of rotatable bonds is 3. The summed E-state index contributed by atoms with van der Waals surface area (Å²) >= 11 is 6.63. The van der Waals surface area contributed by atoms with Gasteiger partial charge in [-0.05, 0) is 68.1 Å². The SMILES string of the molecule is N[C@H](Cc1cc(F)cc(F)c1)c1nc(Br)ccc1Br. The molecular formula is C13H10Br2F2N2. The molecular weight excluding hydrogens is 382 g/mol. The second-order valence-corrected chi connectivity index (χ2v) is 5.76. The lowest BCUT2D eigenvalue weighted by molar-refractivity contribution is 0.575. The minimum Gasteiger partial charge on any atom is -0.322 e. The Kier molecular flexibility index (Phi) is 4.65. The zero-order valence-corrected chi connectivity index (χ0v) is 12.9. The standard InChI is InChI=1S/C13H10Br2F2N2/c14-10-1-2-12(15)19-13(10)11(18)5-7-3-8(16)6-9(17)4-7/h1-4,6,11H,5,18H2/t11-/m1/s1. The summed E-state index contributed by atoms with van der Waals surface area (Å²) in [7, 11) is 0. The van der Waals surface area contributed by atoms with E-state index in [0.717, 1.165) is 10.5 Å². The van der Waals surface area contributed by atoms with Crippen LogP contribution >= 0.6 is 31.9 Å². The van der Waals surface area contributed by atoms with E-state index in [1.165, 1.54) is 12.1 Å². The summed E-state index contributed by atoms with van der Waals surface area (Å²) in [5.41, 5.74) is 7.18. The van der Waals surface area contributed by atoms with E-state index >= 15 is 0 Å². The van der Waals surface area contributed by atoms with Gasteiger partial charge in [-0.1, -0.05) is 0 Å². The second-order valence-electron chi connectivity index (χ2n) is 4.09. The van der Waals surface area contributed by atoms with E-state index in [9.17, 15) is 8.78 Å². The van der Waals surface area contributed by atoms with E-state index in [-0.39, 0.29) is 0 Å². The van der Waals surface area contributed by atoms with E-state index in [1.807, 2.05) is 6.07 Å². The fraction of sp³-hybridized carbons (Fsp3) is 0.154. The third kappa shape index (κ3) is 3.81. The summed E-state index contributed by atoms with van der Waals surface area (Å²) in [5.74, 6) is -1.22. The van der Waals surface area contributed by atoms with Crippen molar-refractivity contribution >= 4 is 31.9 Å². The van der Waals surface area contributed by atoms with Crippen LogP contribution in [0.5, 0.6) is 0 Å². The molecule has 2 nitrogen and oxygen atoms in total. The Labute approximate surface area is 126 Å². The third-order valence-corrected chi connectivity index (χ3v) is 3.68. The Hall–Kier alpha value is -0.850.